The Labute approximate surface area is 265 Å². The highest BCUT2D eigenvalue weighted by Gasteiger charge is 2.25. The summed E-state index contributed by atoms with van der Waals surface area (Å²) in [4.78, 5) is 23.1. The lowest BCUT2D eigenvalue weighted by Crippen LogP contribution is -2.43. The number of ether oxygens (including phenoxy) is 5. The molecule has 0 spiro atoms. The summed E-state index contributed by atoms with van der Waals surface area (Å²) in [5, 5.41) is 6.59. The first kappa shape index (κ1) is 32.6. The van der Waals surface area contributed by atoms with Gasteiger partial charge in [0.1, 0.15) is 48.8 Å². The first-order valence-corrected chi connectivity index (χ1v) is 14.9. The number of hydrogen-bond donors (Lipinski definition) is 2. The van der Waals surface area contributed by atoms with Gasteiger partial charge in [-0.15, -0.1) is 0 Å². The molecule has 0 unspecified atom stereocenters. The van der Waals surface area contributed by atoms with Crippen LogP contribution in [0.15, 0.2) is 54.9 Å². The normalized spacial score (nSPS) is 13.5. The van der Waals surface area contributed by atoms with Crippen LogP contribution in [-0.4, -0.2) is 80.7 Å². The largest absolute Gasteiger partial charge is 0.490 e. The molecular weight excluding hydrogens is 600 g/mol. The molecule has 244 valence electrons. The topological polar surface area (TPSA) is 116 Å². The molecule has 4 aromatic rings. The van der Waals surface area contributed by atoms with Crippen molar-refractivity contribution >= 4 is 34.1 Å². The van der Waals surface area contributed by atoms with Crippen molar-refractivity contribution in [2.75, 3.05) is 64.4 Å². The first-order chi connectivity index (χ1) is 22.3. The predicted molar refractivity (Wildman–Crippen MR) is 169 cm³/mol. The molecule has 2 N–H and O–H groups in total. The number of anilines is 3. The zero-order chi connectivity index (χ0) is 32.5. The molecule has 2 heterocycles. The summed E-state index contributed by atoms with van der Waals surface area (Å²) in [6, 6.07) is 11.9. The van der Waals surface area contributed by atoms with Crippen LogP contribution in [0.2, 0.25) is 0 Å². The maximum Gasteiger partial charge on any atom is 0.321 e. The minimum atomic E-state index is -0.691. The Morgan fingerprint density at radius 3 is 2.30 bits per heavy atom. The molecule has 0 radical (unpaired) electrons. The van der Waals surface area contributed by atoms with Gasteiger partial charge in [-0.3, -0.25) is 0 Å². The van der Waals surface area contributed by atoms with E-state index in [1.54, 1.807) is 19.1 Å². The molecule has 0 aliphatic carbocycles. The van der Waals surface area contributed by atoms with Gasteiger partial charge in [0.05, 0.1) is 24.4 Å². The molecule has 0 atom stereocenters. The van der Waals surface area contributed by atoms with Gasteiger partial charge in [0.25, 0.3) is 0 Å². The number of aryl methyl sites for hydroxylation is 1. The number of benzene rings is 3. The molecule has 13 heteroatoms. The van der Waals surface area contributed by atoms with Gasteiger partial charge in [0.15, 0.2) is 11.5 Å². The Morgan fingerprint density at radius 1 is 0.891 bits per heavy atom. The second-order valence-electron chi connectivity index (χ2n) is 10.7. The minimum Gasteiger partial charge on any atom is -0.490 e. The van der Waals surface area contributed by atoms with Crippen molar-refractivity contribution in [2.45, 2.75) is 25.9 Å². The summed E-state index contributed by atoms with van der Waals surface area (Å²) < 4.78 is 55.8. The van der Waals surface area contributed by atoms with Crippen molar-refractivity contribution in [3.05, 3.63) is 72.1 Å². The monoisotopic (exact) mass is 637 g/mol. The number of nitrogens with zero attached hydrogens (tertiary/aromatic N) is 3. The van der Waals surface area contributed by atoms with Gasteiger partial charge in [-0.05, 0) is 48.9 Å². The van der Waals surface area contributed by atoms with Crippen LogP contribution in [0.4, 0.5) is 30.8 Å². The number of piperidine rings is 1. The van der Waals surface area contributed by atoms with Crippen molar-refractivity contribution in [1.29, 1.82) is 0 Å². The lowest BCUT2D eigenvalue weighted by atomic mass is 10.1. The third-order valence-corrected chi connectivity index (χ3v) is 7.42. The van der Waals surface area contributed by atoms with E-state index in [1.165, 1.54) is 6.33 Å². The van der Waals surface area contributed by atoms with Gasteiger partial charge in [0.2, 0.25) is 0 Å². The number of halogens is 2. The van der Waals surface area contributed by atoms with Crippen molar-refractivity contribution in [3.63, 3.8) is 0 Å². The summed E-state index contributed by atoms with van der Waals surface area (Å²) in [5.74, 6) is 1.11. The fourth-order valence-corrected chi connectivity index (χ4v) is 5.00. The van der Waals surface area contributed by atoms with E-state index in [0.29, 0.717) is 75.2 Å². The Morgan fingerprint density at radius 2 is 1.61 bits per heavy atom. The number of likely N-dealkylation sites (tertiary alicyclic amines) is 1. The molecule has 1 aromatic heterocycles. The minimum absolute atomic E-state index is 0.102. The molecule has 1 aliphatic rings. The summed E-state index contributed by atoms with van der Waals surface area (Å²) in [5.41, 5.74) is 2.22. The van der Waals surface area contributed by atoms with Gasteiger partial charge >= 0.3 is 6.03 Å². The van der Waals surface area contributed by atoms with E-state index >= 15 is 0 Å². The number of methoxy groups -OCH3 is 2. The standard InChI is InChI=1S/C33H37F2N5O6/c1-21-16-23(38-32-25-18-30(44-14-12-42-2)31(45-15-13-43-3)19-27(25)36-20-37-32)5-7-29(21)46-24-8-10-40(11-9-24)33(41)39-28-17-22(34)4-6-26(28)35/h4-7,16-20,24H,8-15H2,1-3H3,(H,39,41)(H,36,37,38). The fraction of sp³-hybridized carbons (Fsp3) is 0.364. The third kappa shape index (κ3) is 8.29. The molecule has 1 aliphatic heterocycles. The predicted octanol–water partition coefficient (Wildman–Crippen LogP) is 6.09. The molecular formula is C33H37F2N5O6. The van der Waals surface area contributed by atoms with Crippen LogP contribution in [-0.2, 0) is 9.47 Å². The number of nitrogens with one attached hydrogen (secondary N) is 2. The van der Waals surface area contributed by atoms with Crippen LogP contribution in [0.5, 0.6) is 17.2 Å². The average Bonchev–Trinajstić information content (AvgIpc) is 3.05. The molecule has 5 rings (SSSR count). The first-order valence-electron chi connectivity index (χ1n) is 14.9. The van der Waals surface area contributed by atoms with Crippen molar-refractivity contribution in [1.82, 2.24) is 14.9 Å². The SMILES string of the molecule is COCCOc1cc2ncnc(Nc3ccc(OC4CCN(C(=O)Nc5cc(F)ccc5F)CC4)c(C)c3)c2cc1OCCOC. The smallest absolute Gasteiger partial charge is 0.321 e. The highest BCUT2D eigenvalue weighted by atomic mass is 19.1. The number of amides is 2. The fourth-order valence-electron chi connectivity index (χ4n) is 5.00. The molecule has 46 heavy (non-hydrogen) atoms. The number of fused-ring (bicyclic) bond motifs is 1. The van der Waals surface area contributed by atoms with Gasteiger partial charge in [0, 0.05) is 63.4 Å². The summed E-state index contributed by atoms with van der Waals surface area (Å²) >= 11 is 0. The number of urea groups is 1. The molecule has 0 bridgehead atoms. The Kier molecular flexibility index (Phi) is 11.0. The Hall–Kier alpha value is -4.75. The van der Waals surface area contributed by atoms with E-state index in [-0.39, 0.29) is 11.8 Å². The Balaban J connectivity index is 1.22. The second kappa shape index (κ2) is 15.5. The van der Waals surface area contributed by atoms with Crippen LogP contribution in [0.25, 0.3) is 10.9 Å². The highest BCUT2D eigenvalue weighted by molar-refractivity contribution is 5.93. The van der Waals surface area contributed by atoms with Crippen molar-refractivity contribution < 1.29 is 37.3 Å². The zero-order valence-electron chi connectivity index (χ0n) is 26.0. The molecule has 1 saturated heterocycles. The Bertz CT molecular complexity index is 1650. The number of carbonyl (C=O) groups is 1. The molecule has 3 aromatic carbocycles. The van der Waals surface area contributed by atoms with Gasteiger partial charge < -0.3 is 39.2 Å². The quantitative estimate of drug-likeness (QED) is 0.168. The molecule has 0 saturated carbocycles. The van der Waals surface area contributed by atoms with Crippen LogP contribution < -0.4 is 24.8 Å². The van der Waals surface area contributed by atoms with Gasteiger partial charge in [-0.25, -0.2) is 23.5 Å². The molecule has 11 nitrogen and oxygen atoms in total. The van der Waals surface area contributed by atoms with Crippen LogP contribution in [0.3, 0.4) is 0 Å². The average molecular weight is 638 g/mol. The molecule has 1 fully saturated rings. The van der Waals surface area contributed by atoms with E-state index in [1.807, 2.05) is 37.3 Å². The lowest BCUT2D eigenvalue weighted by molar-refractivity contribution is 0.115. The van der Waals surface area contributed by atoms with Crippen molar-refractivity contribution in [3.8, 4) is 17.2 Å². The van der Waals surface area contributed by atoms with E-state index < -0.39 is 17.7 Å². The van der Waals surface area contributed by atoms with Crippen LogP contribution in [0, 0.1) is 18.6 Å². The lowest BCUT2D eigenvalue weighted by Gasteiger charge is -2.32. The van der Waals surface area contributed by atoms with E-state index in [0.717, 1.165) is 40.6 Å². The number of aromatic nitrogens is 2. The second-order valence-corrected chi connectivity index (χ2v) is 10.7. The van der Waals surface area contributed by atoms with E-state index in [4.69, 9.17) is 23.7 Å². The van der Waals surface area contributed by atoms with Gasteiger partial charge in [-0.1, -0.05) is 0 Å². The van der Waals surface area contributed by atoms with Crippen LogP contribution in [0.1, 0.15) is 18.4 Å². The van der Waals surface area contributed by atoms with E-state index in [2.05, 4.69) is 20.6 Å². The maximum absolute atomic E-state index is 13.9. The maximum atomic E-state index is 13.9. The number of rotatable bonds is 13. The number of carbonyl (C=O) groups excluding carboxylic acids is 1. The van der Waals surface area contributed by atoms with Crippen molar-refractivity contribution in [2.24, 2.45) is 0 Å². The number of hydrogen-bond acceptors (Lipinski definition) is 9. The summed E-state index contributed by atoms with van der Waals surface area (Å²) in [6.45, 7) is 4.36. The zero-order valence-corrected chi connectivity index (χ0v) is 26.0. The molecule has 2 amide bonds. The highest BCUT2D eigenvalue weighted by Crippen LogP contribution is 2.36. The third-order valence-electron chi connectivity index (χ3n) is 7.42. The van der Waals surface area contributed by atoms with Crippen LogP contribution >= 0.6 is 0 Å². The summed E-state index contributed by atoms with van der Waals surface area (Å²) in [6.07, 6.45) is 2.57. The van der Waals surface area contributed by atoms with Gasteiger partial charge in [-0.2, -0.15) is 0 Å². The van der Waals surface area contributed by atoms with E-state index in [9.17, 15) is 13.6 Å². The summed E-state index contributed by atoms with van der Waals surface area (Å²) in [7, 11) is 3.22.